The highest BCUT2D eigenvalue weighted by atomic mass is 32.1. The first kappa shape index (κ1) is 23.5. The first-order valence-corrected chi connectivity index (χ1v) is 13.3. The zero-order valence-electron chi connectivity index (χ0n) is 20.4. The van der Waals surface area contributed by atoms with Crippen molar-refractivity contribution >= 4 is 23.2 Å². The van der Waals surface area contributed by atoms with Gasteiger partial charge in [0.1, 0.15) is 16.9 Å². The van der Waals surface area contributed by atoms with Gasteiger partial charge in [-0.3, -0.25) is 14.3 Å². The van der Waals surface area contributed by atoms with Crippen LogP contribution in [0.1, 0.15) is 60.6 Å². The molecule has 0 unspecified atom stereocenters. The molecule has 0 spiro atoms. The summed E-state index contributed by atoms with van der Waals surface area (Å²) in [5, 5.41) is 9.83. The van der Waals surface area contributed by atoms with Gasteiger partial charge in [-0.15, -0.1) is 11.3 Å². The molecule has 0 fully saturated rings. The molecule has 1 aliphatic carbocycles. The molecule has 1 atom stereocenters. The van der Waals surface area contributed by atoms with Crippen molar-refractivity contribution in [1.29, 1.82) is 0 Å². The van der Waals surface area contributed by atoms with Crippen LogP contribution in [-0.2, 0) is 17.9 Å². The van der Waals surface area contributed by atoms with Crippen LogP contribution in [0.4, 0.5) is 0 Å². The van der Waals surface area contributed by atoms with Gasteiger partial charge >= 0.3 is 0 Å². The Hall–Kier alpha value is -3.19. The third-order valence-corrected chi connectivity index (χ3v) is 8.03. The van der Waals surface area contributed by atoms with Crippen molar-refractivity contribution in [2.75, 3.05) is 6.54 Å². The van der Waals surface area contributed by atoms with E-state index in [2.05, 4.69) is 17.5 Å². The summed E-state index contributed by atoms with van der Waals surface area (Å²) >= 11 is 1.60. The van der Waals surface area contributed by atoms with E-state index in [1.54, 1.807) is 20.9 Å². The predicted octanol–water partition coefficient (Wildman–Crippen LogP) is 5.34. The summed E-state index contributed by atoms with van der Waals surface area (Å²) < 4.78 is 1.72. The molecule has 0 saturated carbocycles. The van der Waals surface area contributed by atoms with Crippen LogP contribution in [0.2, 0.25) is 0 Å². The number of aryl methyl sites for hydroxylation is 1. The molecule has 0 radical (unpaired) electrons. The maximum Gasteiger partial charge on any atom is 0.273 e. The summed E-state index contributed by atoms with van der Waals surface area (Å²) in [5.74, 6) is -0.278. The Kier molecular flexibility index (Phi) is 6.60. The van der Waals surface area contributed by atoms with Crippen molar-refractivity contribution in [2.45, 2.75) is 64.6 Å². The van der Waals surface area contributed by atoms with E-state index in [1.807, 2.05) is 55.6 Å². The number of hydrogen-bond acceptors (Lipinski definition) is 4. The van der Waals surface area contributed by atoms with E-state index in [4.69, 9.17) is 5.10 Å². The van der Waals surface area contributed by atoms with Crippen molar-refractivity contribution in [3.05, 3.63) is 76.3 Å². The molecule has 3 aromatic rings. The second-order valence-electron chi connectivity index (χ2n) is 9.81. The number of aromatic nitrogens is 2. The molecule has 3 heterocycles. The van der Waals surface area contributed by atoms with Crippen LogP contribution in [0, 0.1) is 6.92 Å². The molecule has 5 rings (SSSR count). The van der Waals surface area contributed by atoms with Crippen LogP contribution < -0.4 is 5.32 Å². The molecule has 1 aromatic carbocycles. The van der Waals surface area contributed by atoms with Crippen molar-refractivity contribution in [2.24, 2.45) is 0 Å². The minimum absolute atomic E-state index is 0.129. The minimum Gasteiger partial charge on any atom is -0.350 e. The van der Waals surface area contributed by atoms with E-state index in [0.717, 1.165) is 41.0 Å². The molecule has 2 aliphatic rings. The molecular formula is C28H32N4O2S. The quantitative estimate of drug-likeness (QED) is 0.457. The zero-order chi connectivity index (χ0) is 24.4. The number of carbonyl (C=O) groups excluding carboxylic acids is 2. The Morgan fingerprint density at radius 2 is 2.09 bits per heavy atom. The standard InChI is InChI=1S/C28H32N4O2S/c1-20-8-6-11-22(16-20)18-29-27(34)28(2)19-32-24(17-23(30-32)25-12-7-15-35-25)26(33)31(28)14-13-21-9-4-3-5-10-21/h6-9,11-12,15-17H,3-5,10,13-14,18-19H2,1-2H3,(H,29,34)/t28-/m1/s1. The average Bonchev–Trinajstić information content (AvgIpc) is 3.53. The summed E-state index contributed by atoms with van der Waals surface area (Å²) in [6, 6.07) is 14.0. The number of amides is 2. The minimum atomic E-state index is -1.03. The van der Waals surface area contributed by atoms with Gasteiger partial charge in [-0.25, -0.2) is 0 Å². The highest BCUT2D eigenvalue weighted by Crippen LogP contribution is 2.32. The average molecular weight is 489 g/mol. The zero-order valence-corrected chi connectivity index (χ0v) is 21.2. The molecule has 0 saturated heterocycles. The van der Waals surface area contributed by atoms with E-state index in [-0.39, 0.29) is 11.8 Å². The van der Waals surface area contributed by atoms with Gasteiger partial charge in [-0.2, -0.15) is 5.10 Å². The Morgan fingerprint density at radius 3 is 2.83 bits per heavy atom. The third-order valence-electron chi connectivity index (χ3n) is 7.14. The number of benzene rings is 1. The Labute approximate surface area is 210 Å². The number of allylic oxidation sites excluding steroid dienone is 1. The van der Waals surface area contributed by atoms with E-state index in [9.17, 15) is 9.59 Å². The lowest BCUT2D eigenvalue weighted by molar-refractivity contribution is -0.133. The number of fused-ring (bicyclic) bond motifs is 1. The van der Waals surface area contributed by atoms with Crippen molar-refractivity contribution in [3.8, 4) is 10.6 Å². The number of carbonyl (C=O) groups is 2. The lowest BCUT2D eigenvalue weighted by atomic mass is 9.92. The van der Waals surface area contributed by atoms with Gasteiger partial charge in [0.2, 0.25) is 5.91 Å². The predicted molar refractivity (Wildman–Crippen MR) is 139 cm³/mol. The molecule has 6 nitrogen and oxygen atoms in total. The summed E-state index contributed by atoms with van der Waals surface area (Å²) in [7, 11) is 0. The number of hydrogen-bond donors (Lipinski definition) is 1. The monoisotopic (exact) mass is 488 g/mol. The maximum absolute atomic E-state index is 13.8. The van der Waals surface area contributed by atoms with Gasteiger partial charge < -0.3 is 10.2 Å². The van der Waals surface area contributed by atoms with Crippen LogP contribution in [0.25, 0.3) is 10.6 Å². The van der Waals surface area contributed by atoms with E-state index >= 15 is 0 Å². The first-order chi connectivity index (χ1) is 16.9. The van der Waals surface area contributed by atoms with Crippen LogP contribution in [-0.4, -0.2) is 38.6 Å². The summed E-state index contributed by atoms with van der Waals surface area (Å²) in [5.41, 5.74) is 3.90. The SMILES string of the molecule is Cc1cccc(CNC(=O)[C@@]2(C)Cn3nc(-c4cccs4)cc3C(=O)N2CCC2=CCCCC2)c1. The molecule has 0 bridgehead atoms. The van der Waals surface area contributed by atoms with Crippen molar-refractivity contribution in [1.82, 2.24) is 20.0 Å². The highest BCUT2D eigenvalue weighted by molar-refractivity contribution is 7.13. The van der Waals surface area contributed by atoms with E-state index < -0.39 is 5.54 Å². The van der Waals surface area contributed by atoms with Crippen molar-refractivity contribution in [3.63, 3.8) is 0 Å². The normalized spacial score (nSPS) is 19.9. The summed E-state index contributed by atoms with van der Waals surface area (Å²) in [6.07, 6.45) is 7.73. The summed E-state index contributed by atoms with van der Waals surface area (Å²) in [6.45, 7) is 5.20. The van der Waals surface area contributed by atoms with Gasteiger partial charge in [0, 0.05) is 13.1 Å². The molecular weight excluding hydrogens is 456 g/mol. The Balaban J connectivity index is 1.42. The van der Waals surface area contributed by atoms with Crippen LogP contribution in [0.15, 0.2) is 59.5 Å². The Morgan fingerprint density at radius 1 is 1.20 bits per heavy atom. The van der Waals surface area contributed by atoms with Crippen molar-refractivity contribution < 1.29 is 9.59 Å². The second kappa shape index (κ2) is 9.82. The molecule has 7 heteroatoms. The first-order valence-electron chi connectivity index (χ1n) is 12.4. The van der Waals surface area contributed by atoms with Gasteiger partial charge in [-0.05, 0) is 69.0 Å². The fourth-order valence-electron chi connectivity index (χ4n) is 5.12. The van der Waals surface area contributed by atoms with E-state index in [1.165, 1.54) is 18.4 Å². The number of nitrogens with zero attached hydrogens (tertiary/aromatic N) is 3. The molecule has 1 aliphatic heterocycles. The fraction of sp³-hybridized carbons (Fsp3) is 0.393. The third kappa shape index (κ3) is 4.82. The molecule has 182 valence electrons. The van der Waals surface area contributed by atoms with E-state index in [0.29, 0.717) is 25.3 Å². The summed E-state index contributed by atoms with van der Waals surface area (Å²) in [4.78, 5) is 30.3. The number of nitrogens with one attached hydrogen (secondary N) is 1. The van der Waals surface area contributed by atoms with Gasteiger partial charge in [0.05, 0.1) is 11.4 Å². The molecule has 1 N–H and O–H groups in total. The number of rotatable bonds is 7. The second-order valence-corrected chi connectivity index (χ2v) is 10.8. The molecule has 2 aromatic heterocycles. The van der Waals surface area contributed by atoms with Gasteiger partial charge in [0.15, 0.2) is 0 Å². The topological polar surface area (TPSA) is 67.2 Å². The largest absolute Gasteiger partial charge is 0.350 e. The molecule has 2 amide bonds. The highest BCUT2D eigenvalue weighted by Gasteiger charge is 2.47. The lowest BCUT2D eigenvalue weighted by Crippen LogP contribution is -2.64. The van der Waals surface area contributed by atoms with Gasteiger partial charge in [0.25, 0.3) is 5.91 Å². The molecule has 35 heavy (non-hydrogen) atoms. The Bertz CT molecular complexity index is 1260. The van der Waals surface area contributed by atoms with Crippen LogP contribution >= 0.6 is 11.3 Å². The smallest absolute Gasteiger partial charge is 0.273 e. The number of thiophene rings is 1. The fourth-order valence-corrected chi connectivity index (χ4v) is 5.80. The maximum atomic E-state index is 13.8. The van der Waals surface area contributed by atoms with Crippen LogP contribution in [0.5, 0.6) is 0 Å². The lowest BCUT2D eigenvalue weighted by Gasteiger charge is -2.43. The van der Waals surface area contributed by atoms with Gasteiger partial charge in [-0.1, -0.05) is 47.5 Å². The van der Waals surface area contributed by atoms with Crippen LogP contribution in [0.3, 0.4) is 0 Å².